The fourth-order valence-corrected chi connectivity index (χ4v) is 5.22. The molecule has 2 bridgehead atoms. The number of benzene rings is 1. The van der Waals surface area contributed by atoms with Crippen molar-refractivity contribution in [2.45, 2.75) is 43.9 Å². The number of fused-ring (bicyclic) bond motifs is 5. The molecule has 136 valence electrons. The van der Waals surface area contributed by atoms with Crippen LogP contribution in [0.1, 0.15) is 55.1 Å². The number of pyridine rings is 1. The molecule has 1 saturated heterocycles. The Labute approximate surface area is 155 Å². The minimum absolute atomic E-state index is 0.588. The zero-order chi connectivity index (χ0) is 17.5. The van der Waals surface area contributed by atoms with E-state index in [0.717, 1.165) is 24.6 Å². The Morgan fingerprint density at radius 2 is 1.85 bits per heavy atom. The minimum atomic E-state index is 0.588. The lowest BCUT2D eigenvalue weighted by Crippen LogP contribution is -2.25. The fourth-order valence-electron chi connectivity index (χ4n) is 5.22. The van der Waals surface area contributed by atoms with Gasteiger partial charge in [-0.2, -0.15) is 0 Å². The van der Waals surface area contributed by atoms with Crippen molar-refractivity contribution in [3.05, 3.63) is 41.5 Å². The Morgan fingerprint density at radius 3 is 2.65 bits per heavy atom. The summed E-state index contributed by atoms with van der Waals surface area (Å²) in [4.78, 5) is 7.09. The molecule has 3 aliphatic rings. The molecule has 2 aromatic rings. The van der Waals surface area contributed by atoms with Gasteiger partial charge in [-0.3, -0.25) is 4.90 Å². The third kappa shape index (κ3) is 2.77. The molecule has 2 fully saturated rings. The lowest BCUT2D eigenvalue weighted by molar-refractivity contribution is 0.235. The second-order valence-corrected chi connectivity index (χ2v) is 7.99. The van der Waals surface area contributed by atoms with Gasteiger partial charge in [0.2, 0.25) is 0 Å². The topological polar surface area (TPSA) is 51.4 Å². The molecule has 26 heavy (non-hydrogen) atoms. The van der Waals surface area contributed by atoms with E-state index in [2.05, 4.69) is 28.1 Å². The molecule has 1 saturated carbocycles. The largest absolute Gasteiger partial charge is 0.492 e. The van der Waals surface area contributed by atoms with Crippen LogP contribution in [-0.4, -0.2) is 36.1 Å². The Morgan fingerprint density at radius 1 is 1.04 bits per heavy atom. The molecular formula is C22H27N3O. The molecule has 2 heterocycles. The molecule has 1 aliphatic heterocycles. The number of anilines is 1. The number of aromatic nitrogens is 1. The smallest absolute Gasteiger partial charge is 0.124 e. The van der Waals surface area contributed by atoms with Crippen LogP contribution in [0.3, 0.4) is 0 Å². The van der Waals surface area contributed by atoms with Crippen LogP contribution in [-0.2, 0) is 0 Å². The third-order valence-corrected chi connectivity index (χ3v) is 6.41. The summed E-state index contributed by atoms with van der Waals surface area (Å²) in [7, 11) is 0. The summed E-state index contributed by atoms with van der Waals surface area (Å²) in [5.74, 6) is 3.03. The van der Waals surface area contributed by atoms with Gasteiger partial charge < -0.3 is 10.5 Å². The van der Waals surface area contributed by atoms with Crippen molar-refractivity contribution >= 4 is 5.82 Å². The molecule has 1 aromatic carbocycles. The van der Waals surface area contributed by atoms with Gasteiger partial charge >= 0.3 is 0 Å². The normalized spacial score (nSPS) is 24.2. The highest BCUT2D eigenvalue weighted by molar-refractivity contribution is 5.72. The maximum atomic E-state index is 6.29. The summed E-state index contributed by atoms with van der Waals surface area (Å²) in [5.41, 5.74) is 11.1. The van der Waals surface area contributed by atoms with Gasteiger partial charge in [-0.25, -0.2) is 4.98 Å². The van der Waals surface area contributed by atoms with Crippen molar-refractivity contribution in [3.63, 3.8) is 0 Å². The van der Waals surface area contributed by atoms with E-state index in [-0.39, 0.29) is 0 Å². The first-order valence-electron chi connectivity index (χ1n) is 10.0. The van der Waals surface area contributed by atoms with E-state index < -0.39 is 0 Å². The van der Waals surface area contributed by atoms with Crippen LogP contribution in [0.15, 0.2) is 30.3 Å². The summed E-state index contributed by atoms with van der Waals surface area (Å²) in [5, 5.41) is 0. The molecule has 2 N–H and O–H groups in total. The highest BCUT2D eigenvalue weighted by Crippen LogP contribution is 2.58. The van der Waals surface area contributed by atoms with E-state index in [4.69, 9.17) is 10.5 Å². The lowest BCUT2D eigenvalue weighted by atomic mass is 9.86. The number of hydrogen-bond donors (Lipinski definition) is 1. The highest BCUT2D eigenvalue weighted by atomic mass is 16.5. The Hall–Kier alpha value is -2.07. The maximum Gasteiger partial charge on any atom is 0.124 e. The Bertz CT molecular complexity index is 813. The molecular weight excluding hydrogens is 322 g/mol. The van der Waals surface area contributed by atoms with Crippen LogP contribution in [0, 0.1) is 0 Å². The zero-order valence-corrected chi connectivity index (χ0v) is 15.3. The van der Waals surface area contributed by atoms with Crippen molar-refractivity contribution in [3.8, 4) is 17.0 Å². The van der Waals surface area contributed by atoms with E-state index in [1.807, 2.05) is 12.1 Å². The number of nitrogens with zero attached hydrogens (tertiary/aromatic N) is 2. The van der Waals surface area contributed by atoms with Gasteiger partial charge in [-0.1, -0.05) is 6.07 Å². The van der Waals surface area contributed by atoms with Crippen LogP contribution in [0.25, 0.3) is 11.3 Å². The molecule has 0 spiro atoms. The summed E-state index contributed by atoms with van der Waals surface area (Å²) in [6.45, 7) is 4.29. The monoisotopic (exact) mass is 349 g/mol. The molecule has 4 nitrogen and oxygen atoms in total. The average Bonchev–Trinajstić information content (AvgIpc) is 3.40. The summed E-state index contributed by atoms with van der Waals surface area (Å²) in [6.07, 6.45) is 6.54. The lowest BCUT2D eigenvalue weighted by Gasteiger charge is -2.23. The minimum Gasteiger partial charge on any atom is -0.492 e. The van der Waals surface area contributed by atoms with Crippen LogP contribution in [0.5, 0.6) is 5.75 Å². The van der Waals surface area contributed by atoms with Crippen molar-refractivity contribution in [1.82, 2.24) is 9.88 Å². The quantitative estimate of drug-likeness (QED) is 0.880. The SMILES string of the molecule is Nc1cccc(-c2ccc(OCCN3CCCC3)c3c2C2CCC3C2)n1. The van der Waals surface area contributed by atoms with Gasteiger partial charge in [0.1, 0.15) is 18.2 Å². The summed E-state index contributed by atoms with van der Waals surface area (Å²) < 4.78 is 6.29. The second kappa shape index (κ2) is 6.58. The standard InChI is InChI=1S/C22H27N3O/c23-20-5-3-4-18(24-20)17-8-9-19(26-13-12-25-10-1-2-11-25)22-16-7-6-15(14-16)21(17)22/h3-5,8-9,15-16H,1-2,6-7,10-14H2,(H2,23,24). The van der Waals surface area contributed by atoms with Crippen LogP contribution in [0.4, 0.5) is 5.82 Å². The number of hydrogen-bond acceptors (Lipinski definition) is 4. The molecule has 2 atom stereocenters. The van der Waals surface area contributed by atoms with Gasteiger partial charge in [-0.05, 0) is 86.9 Å². The van der Waals surface area contributed by atoms with Crippen LogP contribution < -0.4 is 10.5 Å². The molecule has 1 aromatic heterocycles. The van der Waals surface area contributed by atoms with Crippen LogP contribution >= 0.6 is 0 Å². The third-order valence-electron chi connectivity index (χ3n) is 6.41. The molecule has 2 unspecified atom stereocenters. The fraction of sp³-hybridized carbons (Fsp3) is 0.500. The number of likely N-dealkylation sites (tertiary alicyclic amines) is 1. The highest BCUT2D eigenvalue weighted by Gasteiger charge is 2.41. The molecule has 0 radical (unpaired) electrons. The van der Waals surface area contributed by atoms with Crippen molar-refractivity contribution < 1.29 is 4.74 Å². The molecule has 0 amide bonds. The van der Waals surface area contributed by atoms with Gasteiger partial charge in [0, 0.05) is 17.7 Å². The Kier molecular flexibility index (Phi) is 4.08. The van der Waals surface area contributed by atoms with Gasteiger partial charge in [-0.15, -0.1) is 0 Å². The van der Waals surface area contributed by atoms with E-state index in [1.54, 1.807) is 0 Å². The predicted octanol–water partition coefficient (Wildman–Crippen LogP) is 4.17. The number of ether oxygens (including phenoxy) is 1. The molecule has 4 heteroatoms. The van der Waals surface area contributed by atoms with Crippen molar-refractivity contribution in [2.24, 2.45) is 0 Å². The molecule has 2 aliphatic carbocycles. The van der Waals surface area contributed by atoms with Crippen molar-refractivity contribution in [2.75, 3.05) is 32.0 Å². The number of nitrogen functional groups attached to an aromatic ring is 1. The predicted molar refractivity (Wildman–Crippen MR) is 105 cm³/mol. The van der Waals surface area contributed by atoms with Gasteiger partial charge in [0.05, 0.1) is 5.69 Å². The first-order valence-corrected chi connectivity index (χ1v) is 10.0. The van der Waals surface area contributed by atoms with Crippen molar-refractivity contribution in [1.29, 1.82) is 0 Å². The first kappa shape index (κ1) is 16.1. The van der Waals surface area contributed by atoms with E-state index in [9.17, 15) is 0 Å². The number of nitrogens with two attached hydrogens (primary N) is 1. The van der Waals surface area contributed by atoms with Gasteiger partial charge in [0.25, 0.3) is 0 Å². The van der Waals surface area contributed by atoms with Crippen LogP contribution in [0.2, 0.25) is 0 Å². The van der Waals surface area contributed by atoms with E-state index in [1.165, 1.54) is 61.9 Å². The molecule has 5 rings (SSSR count). The average molecular weight is 349 g/mol. The first-order chi connectivity index (χ1) is 12.8. The maximum absolute atomic E-state index is 6.29. The summed E-state index contributed by atoms with van der Waals surface area (Å²) in [6, 6.07) is 10.3. The van der Waals surface area contributed by atoms with E-state index >= 15 is 0 Å². The zero-order valence-electron chi connectivity index (χ0n) is 15.3. The Balaban J connectivity index is 1.45. The van der Waals surface area contributed by atoms with Gasteiger partial charge in [0.15, 0.2) is 0 Å². The second-order valence-electron chi connectivity index (χ2n) is 7.99. The number of rotatable bonds is 5. The summed E-state index contributed by atoms with van der Waals surface area (Å²) >= 11 is 0. The van der Waals surface area contributed by atoms with E-state index in [0.29, 0.717) is 17.7 Å².